The molecule has 0 nitrogen and oxygen atoms in total. The molecule has 3 heteroatoms. The number of rotatable bonds is 3. The average molecular weight is 271 g/mol. The SMILES string of the molecule is Fc1ccc(F)c(CC2(CCl)CC3CCC2C3)c1. The molecule has 2 aliphatic rings. The van der Waals surface area contributed by atoms with Crippen molar-refractivity contribution in [2.75, 3.05) is 5.88 Å². The van der Waals surface area contributed by atoms with Gasteiger partial charge in [-0.1, -0.05) is 6.42 Å². The second-order valence-corrected chi connectivity index (χ2v) is 6.26. The third kappa shape index (κ3) is 1.95. The molecule has 0 saturated heterocycles. The highest BCUT2D eigenvalue weighted by Gasteiger charge is 2.50. The normalized spacial score (nSPS) is 34.2. The second-order valence-electron chi connectivity index (χ2n) is 5.99. The molecular formula is C15H17ClF2. The summed E-state index contributed by atoms with van der Waals surface area (Å²) in [4.78, 5) is 0. The Kier molecular flexibility index (Phi) is 3.09. The summed E-state index contributed by atoms with van der Waals surface area (Å²) in [5, 5.41) is 0. The summed E-state index contributed by atoms with van der Waals surface area (Å²) in [6, 6.07) is 3.72. The minimum Gasteiger partial charge on any atom is -0.207 e. The van der Waals surface area contributed by atoms with E-state index >= 15 is 0 Å². The van der Waals surface area contributed by atoms with Gasteiger partial charge in [0.05, 0.1) is 0 Å². The van der Waals surface area contributed by atoms with Crippen molar-refractivity contribution in [3.05, 3.63) is 35.4 Å². The van der Waals surface area contributed by atoms with Crippen LogP contribution in [0.3, 0.4) is 0 Å². The largest absolute Gasteiger partial charge is 0.207 e. The summed E-state index contributed by atoms with van der Waals surface area (Å²) >= 11 is 6.18. The number of halogens is 3. The molecule has 1 aromatic rings. The summed E-state index contributed by atoms with van der Waals surface area (Å²) in [5.41, 5.74) is 0.488. The van der Waals surface area contributed by atoms with E-state index in [1.54, 1.807) is 0 Å². The summed E-state index contributed by atoms with van der Waals surface area (Å²) in [7, 11) is 0. The van der Waals surface area contributed by atoms with Crippen LogP contribution in [0.5, 0.6) is 0 Å². The predicted molar refractivity (Wildman–Crippen MR) is 68.7 cm³/mol. The molecule has 2 bridgehead atoms. The minimum atomic E-state index is -0.362. The van der Waals surface area contributed by atoms with Crippen LogP contribution in [-0.4, -0.2) is 5.88 Å². The zero-order chi connectivity index (χ0) is 12.8. The first-order chi connectivity index (χ1) is 8.63. The maximum Gasteiger partial charge on any atom is 0.126 e. The molecule has 98 valence electrons. The van der Waals surface area contributed by atoms with Gasteiger partial charge in [-0.3, -0.25) is 0 Å². The molecule has 2 aliphatic carbocycles. The van der Waals surface area contributed by atoms with Crippen LogP contribution in [0.4, 0.5) is 8.78 Å². The van der Waals surface area contributed by atoms with Gasteiger partial charge in [0, 0.05) is 5.88 Å². The number of hydrogen-bond donors (Lipinski definition) is 0. The fourth-order valence-corrected chi connectivity index (χ4v) is 4.47. The van der Waals surface area contributed by atoms with Crippen molar-refractivity contribution < 1.29 is 8.78 Å². The van der Waals surface area contributed by atoms with Crippen LogP contribution in [0.2, 0.25) is 0 Å². The molecule has 0 spiro atoms. The molecule has 0 radical (unpaired) electrons. The quantitative estimate of drug-likeness (QED) is 0.707. The Hall–Kier alpha value is -0.630. The van der Waals surface area contributed by atoms with Crippen molar-refractivity contribution in [3.63, 3.8) is 0 Å². The fraction of sp³-hybridized carbons (Fsp3) is 0.600. The first kappa shape index (κ1) is 12.4. The van der Waals surface area contributed by atoms with Gasteiger partial charge in [-0.25, -0.2) is 8.78 Å². The van der Waals surface area contributed by atoms with E-state index in [4.69, 9.17) is 11.6 Å². The second kappa shape index (κ2) is 4.48. The molecule has 3 unspecified atom stereocenters. The van der Waals surface area contributed by atoms with Crippen molar-refractivity contribution >= 4 is 11.6 Å². The highest BCUT2D eigenvalue weighted by atomic mass is 35.5. The maximum absolute atomic E-state index is 13.8. The Morgan fingerprint density at radius 3 is 2.72 bits per heavy atom. The molecule has 18 heavy (non-hydrogen) atoms. The van der Waals surface area contributed by atoms with Crippen molar-refractivity contribution in [3.8, 4) is 0 Å². The van der Waals surface area contributed by atoms with E-state index in [9.17, 15) is 8.78 Å². The van der Waals surface area contributed by atoms with Gasteiger partial charge in [0.1, 0.15) is 11.6 Å². The molecule has 2 fully saturated rings. The Labute approximate surface area is 111 Å². The lowest BCUT2D eigenvalue weighted by molar-refractivity contribution is 0.191. The number of fused-ring (bicyclic) bond motifs is 2. The van der Waals surface area contributed by atoms with Gasteiger partial charge in [0.2, 0.25) is 0 Å². The summed E-state index contributed by atoms with van der Waals surface area (Å²) in [6.45, 7) is 0. The first-order valence-electron chi connectivity index (χ1n) is 6.63. The van der Waals surface area contributed by atoms with Gasteiger partial charge in [0.25, 0.3) is 0 Å². The molecule has 2 saturated carbocycles. The standard InChI is InChI=1S/C15H17ClF2/c16-9-15(7-10-1-2-12(15)5-10)8-11-6-13(17)3-4-14(11)18/h3-4,6,10,12H,1-2,5,7-9H2. The van der Waals surface area contributed by atoms with E-state index in [0.29, 0.717) is 23.8 Å². The number of hydrogen-bond acceptors (Lipinski definition) is 0. The van der Waals surface area contributed by atoms with Gasteiger partial charge in [0.15, 0.2) is 0 Å². The monoisotopic (exact) mass is 270 g/mol. The van der Waals surface area contributed by atoms with Crippen LogP contribution in [0.1, 0.15) is 31.2 Å². The Morgan fingerprint density at radius 2 is 2.11 bits per heavy atom. The lowest BCUT2D eigenvalue weighted by Crippen LogP contribution is -2.32. The molecule has 0 aliphatic heterocycles. The van der Waals surface area contributed by atoms with Gasteiger partial charge in [-0.15, -0.1) is 11.6 Å². The zero-order valence-electron chi connectivity index (χ0n) is 10.3. The van der Waals surface area contributed by atoms with E-state index in [-0.39, 0.29) is 17.0 Å². The van der Waals surface area contributed by atoms with E-state index in [1.165, 1.54) is 37.5 Å². The zero-order valence-corrected chi connectivity index (χ0v) is 11.0. The Balaban J connectivity index is 1.88. The van der Waals surface area contributed by atoms with Gasteiger partial charge in [-0.05, 0) is 66.7 Å². The lowest BCUT2D eigenvalue weighted by atomic mass is 9.71. The summed E-state index contributed by atoms with van der Waals surface area (Å²) < 4.78 is 27.0. The third-order valence-electron chi connectivity index (χ3n) is 4.92. The van der Waals surface area contributed by atoms with Crippen LogP contribution < -0.4 is 0 Å². The minimum absolute atomic E-state index is 0.000887. The van der Waals surface area contributed by atoms with Crippen LogP contribution in [0, 0.1) is 28.9 Å². The van der Waals surface area contributed by atoms with E-state index in [0.717, 1.165) is 12.3 Å². The molecular weight excluding hydrogens is 254 g/mol. The number of benzene rings is 1. The lowest BCUT2D eigenvalue weighted by Gasteiger charge is -2.36. The van der Waals surface area contributed by atoms with Crippen LogP contribution in [-0.2, 0) is 6.42 Å². The fourth-order valence-electron chi connectivity index (χ4n) is 4.04. The van der Waals surface area contributed by atoms with E-state index in [1.807, 2.05) is 0 Å². The molecule has 3 rings (SSSR count). The topological polar surface area (TPSA) is 0 Å². The highest BCUT2D eigenvalue weighted by Crippen LogP contribution is 2.57. The molecule has 1 aromatic carbocycles. The van der Waals surface area contributed by atoms with Gasteiger partial charge >= 0.3 is 0 Å². The van der Waals surface area contributed by atoms with Gasteiger partial charge < -0.3 is 0 Å². The molecule has 0 N–H and O–H groups in total. The van der Waals surface area contributed by atoms with E-state index < -0.39 is 0 Å². The van der Waals surface area contributed by atoms with Gasteiger partial charge in [-0.2, -0.15) is 0 Å². The molecule has 0 heterocycles. The maximum atomic E-state index is 13.8. The summed E-state index contributed by atoms with van der Waals surface area (Å²) in [5.74, 6) is 1.25. The first-order valence-corrected chi connectivity index (χ1v) is 7.16. The van der Waals surface area contributed by atoms with Crippen LogP contribution in [0.15, 0.2) is 18.2 Å². The van der Waals surface area contributed by atoms with Crippen LogP contribution >= 0.6 is 11.6 Å². The highest BCUT2D eigenvalue weighted by molar-refractivity contribution is 6.18. The molecule has 0 amide bonds. The van der Waals surface area contributed by atoms with Crippen molar-refractivity contribution in [1.29, 1.82) is 0 Å². The Bertz CT molecular complexity index is 460. The van der Waals surface area contributed by atoms with Crippen molar-refractivity contribution in [1.82, 2.24) is 0 Å². The van der Waals surface area contributed by atoms with Crippen LogP contribution in [0.25, 0.3) is 0 Å². The van der Waals surface area contributed by atoms with E-state index in [2.05, 4.69) is 0 Å². The van der Waals surface area contributed by atoms with Crippen molar-refractivity contribution in [2.45, 2.75) is 32.1 Å². The molecule has 0 aromatic heterocycles. The van der Waals surface area contributed by atoms with Crippen molar-refractivity contribution in [2.24, 2.45) is 17.3 Å². The Morgan fingerprint density at radius 1 is 1.28 bits per heavy atom. The number of alkyl halides is 1. The summed E-state index contributed by atoms with van der Waals surface area (Å²) in [6.07, 6.45) is 5.38. The average Bonchev–Trinajstić information content (AvgIpc) is 2.94. The third-order valence-corrected chi connectivity index (χ3v) is 5.45. The molecule has 3 atom stereocenters. The predicted octanol–water partition coefficient (Wildman–Crippen LogP) is 4.55. The smallest absolute Gasteiger partial charge is 0.126 e.